The van der Waals surface area contributed by atoms with Gasteiger partial charge in [-0.1, -0.05) is 19.4 Å². The molecule has 6 heteroatoms. The van der Waals surface area contributed by atoms with Crippen LogP contribution in [0, 0.1) is 0 Å². The third kappa shape index (κ3) is 4.14. The van der Waals surface area contributed by atoms with Crippen LogP contribution >= 0.6 is 0 Å². The molecule has 0 saturated heterocycles. The van der Waals surface area contributed by atoms with Crippen molar-refractivity contribution in [3.05, 3.63) is 42.6 Å². The van der Waals surface area contributed by atoms with Crippen molar-refractivity contribution in [1.82, 2.24) is 15.0 Å². The van der Waals surface area contributed by atoms with E-state index in [1.807, 2.05) is 30.1 Å². The highest BCUT2D eigenvalue weighted by Gasteiger charge is 2.18. The van der Waals surface area contributed by atoms with E-state index < -0.39 is 0 Å². The van der Waals surface area contributed by atoms with Crippen LogP contribution in [-0.2, 0) is 6.61 Å². The van der Waals surface area contributed by atoms with Crippen LogP contribution in [-0.4, -0.2) is 39.8 Å². The molecule has 0 fully saturated rings. The molecule has 0 aliphatic carbocycles. The zero-order valence-corrected chi connectivity index (χ0v) is 13.0. The van der Waals surface area contributed by atoms with Gasteiger partial charge >= 0.3 is 0 Å². The fourth-order valence-corrected chi connectivity index (χ4v) is 2.23. The average molecular weight is 302 g/mol. The van der Waals surface area contributed by atoms with E-state index in [0.717, 1.165) is 18.5 Å². The molecule has 0 aliphatic rings. The zero-order valence-electron chi connectivity index (χ0n) is 13.0. The molecule has 2 heterocycles. The highest BCUT2D eigenvalue weighted by molar-refractivity contribution is 5.50. The Morgan fingerprint density at radius 1 is 1.32 bits per heavy atom. The Labute approximate surface area is 130 Å². The first-order valence-electron chi connectivity index (χ1n) is 7.42. The van der Waals surface area contributed by atoms with Crippen molar-refractivity contribution in [2.75, 3.05) is 18.6 Å². The van der Waals surface area contributed by atoms with E-state index in [1.165, 1.54) is 6.33 Å². The third-order valence-corrected chi connectivity index (χ3v) is 3.48. The molecular weight excluding hydrogens is 280 g/mol. The molecule has 22 heavy (non-hydrogen) atoms. The second-order valence-electron chi connectivity index (χ2n) is 5.06. The highest BCUT2D eigenvalue weighted by atomic mass is 16.5. The molecule has 0 bridgehead atoms. The smallest absolute Gasteiger partial charge is 0.180 e. The van der Waals surface area contributed by atoms with Gasteiger partial charge in [-0.15, -0.1) is 0 Å². The highest BCUT2D eigenvalue weighted by Crippen LogP contribution is 2.26. The normalized spacial score (nSPS) is 12.0. The van der Waals surface area contributed by atoms with E-state index >= 15 is 0 Å². The Morgan fingerprint density at radius 2 is 2.18 bits per heavy atom. The fraction of sp³-hybridized carbons (Fsp3) is 0.438. The Balaban J connectivity index is 2.12. The van der Waals surface area contributed by atoms with E-state index in [2.05, 4.69) is 21.9 Å². The second kappa shape index (κ2) is 8.29. The van der Waals surface area contributed by atoms with Crippen LogP contribution in [0.4, 0.5) is 5.82 Å². The molecule has 2 aromatic heterocycles. The number of aliphatic hydroxyl groups excluding tert-OH is 1. The van der Waals surface area contributed by atoms with Gasteiger partial charge in [0, 0.05) is 13.2 Å². The van der Waals surface area contributed by atoms with Crippen LogP contribution in [0.3, 0.4) is 0 Å². The molecule has 0 aliphatic heterocycles. The van der Waals surface area contributed by atoms with E-state index in [9.17, 15) is 5.11 Å². The van der Waals surface area contributed by atoms with Crippen molar-refractivity contribution in [3.8, 4) is 5.75 Å². The molecule has 1 unspecified atom stereocenters. The van der Waals surface area contributed by atoms with Crippen LogP contribution in [0.1, 0.15) is 25.5 Å². The monoisotopic (exact) mass is 302 g/mol. The number of ether oxygens (including phenoxy) is 1. The van der Waals surface area contributed by atoms with Crippen molar-refractivity contribution in [2.24, 2.45) is 0 Å². The van der Waals surface area contributed by atoms with Gasteiger partial charge < -0.3 is 14.7 Å². The van der Waals surface area contributed by atoms with E-state index in [1.54, 1.807) is 12.4 Å². The lowest BCUT2D eigenvalue weighted by atomic mass is 10.1. The number of aromatic nitrogens is 3. The quantitative estimate of drug-likeness (QED) is 0.804. The molecular formula is C16H22N4O2. The topological polar surface area (TPSA) is 71.4 Å². The second-order valence-corrected chi connectivity index (χ2v) is 5.06. The summed E-state index contributed by atoms with van der Waals surface area (Å²) in [5, 5.41) is 9.55. The van der Waals surface area contributed by atoms with Gasteiger partial charge in [0.1, 0.15) is 12.9 Å². The van der Waals surface area contributed by atoms with Crippen LogP contribution < -0.4 is 9.64 Å². The fourth-order valence-electron chi connectivity index (χ4n) is 2.23. The Kier molecular flexibility index (Phi) is 6.09. The third-order valence-electron chi connectivity index (χ3n) is 3.48. The lowest BCUT2D eigenvalue weighted by Gasteiger charge is -2.28. The number of hydrogen-bond acceptors (Lipinski definition) is 6. The number of hydrogen-bond donors (Lipinski definition) is 1. The summed E-state index contributed by atoms with van der Waals surface area (Å²) in [6.07, 6.45) is 6.74. The largest absolute Gasteiger partial charge is 0.482 e. The van der Waals surface area contributed by atoms with Crippen molar-refractivity contribution >= 4 is 5.82 Å². The maximum absolute atomic E-state index is 9.55. The molecule has 1 N–H and O–H groups in total. The standard InChI is InChI=1S/C16H22N4O2/c1-3-6-14(10-21)20(2)16-15(9-17-12-19-16)22-11-13-7-4-5-8-18-13/h4-5,7-9,12,14,21H,3,6,10-11H2,1-2H3. The number of aliphatic hydroxyl groups is 1. The number of rotatable bonds is 8. The first-order chi connectivity index (χ1) is 10.8. The predicted octanol–water partition coefficient (Wildman–Crippen LogP) is 2.05. The van der Waals surface area contributed by atoms with Crippen molar-refractivity contribution in [2.45, 2.75) is 32.4 Å². The SMILES string of the molecule is CCCC(CO)N(C)c1ncncc1OCc1ccccn1. The van der Waals surface area contributed by atoms with Gasteiger partial charge in [0.05, 0.1) is 24.5 Å². The summed E-state index contributed by atoms with van der Waals surface area (Å²) < 4.78 is 5.81. The Bertz CT molecular complexity index is 565. The lowest BCUT2D eigenvalue weighted by molar-refractivity contribution is 0.252. The summed E-state index contributed by atoms with van der Waals surface area (Å²) in [6, 6.07) is 5.70. The molecule has 0 saturated carbocycles. The summed E-state index contributed by atoms with van der Waals surface area (Å²) >= 11 is 0. The summed E-state index contributed by atoms with van der Waals surface area (Å²) in [4.78, 5) is 14.5. The molecule has 6 nitrogen and oxygen atoms in total. The minimum absolute atomic E-state index is 0.0112. The first kappa shape index (κ1) is 16.2. The number of pyridine rings is 1. The van der Waals surface area contributed by atoms with Crippen molar-refractivity contribution < 1.29 is 9.84 Å². The van der Waals surface area contributed by atoms with Crippen LogP contribution in [0.15, 0.2) is 36.9 Å². The number of nitrogens with zero attached hydrogens (tertiary/aromatic N) is 4. The molecule has 0 amide bonds. The molecule has 0 spiro atoms. The van der Waals surface area contributed by atoms with Gasteiger partial charge in [-0.3, -0.25) is 4.98 Å². The summed E-state index contributed by atoms with van der Waals surface area (Å²) in [5.41, 5.74) is 0.840. The Hall–Kier alpha value is -2.21. The summed E-state index contributed by atoms with van der Waals surface area (Å²) in [5.74, 6) is 1.27. The summed E-state index contributed by atoms with van der Waals surface area (Å²) in [6.45, 7) is 2.52. The van der Waals surface area contributed by atoms with Crippen molar-refractivity contribution in [1.29, 1.82) is 0 Å². The van der Waals surface area contributed by atoms with Gasteiger partial charge in [-0.25, -0.2) is 9.97 Å². The average Bonchev–Trinajstić information content (AvgIpc) is 2.58. The van der Waals surface area contributed by atoms with Crippen LogP contribution in [0.2, 0.25) is 0 Å². The molecule has 2 aromatic rings. The van der Waals surface area contributed by atoms with Crippen LogP contribution in [0.5, 0.6) is 5.75 Å². The predicted molar refractivity (Wildman–Crippen MR) is 84.8 cm³/mol. The van der Waals surface area contributed by atoms with Gasteiger partial charge in [0.2, 0.25) is 0 Å². The van der Waals surface area contributed by atoms with Gasteiger partial charge in [-0.2, -0.15) is 0 Å². The first-order valence-corrected chi connectivity index (χ1v) is 7.42. The molecule has 2 rings (SSSR count). The summed E-state index contributed by atoms with van der Waals surface area (Å²) in [7, 11) is 1.91. The maximum atomic E-state index is 9.55. The van der Waals surface area contributed by atoms with Crippen molar-refractivity contribution in [3.63, 3.8) is 0 Å². The minimum Gasteiger partial charge on any atom is -0.482 e. The molecule has 0 radical (unpaired) electrons. The maximum Gasteiger partial charge on any atom is 0.180 e. The van der Waals surface area contributed by atoms with Crippen LogP contribution in [0.25, 0.3) is 0 Å². The lowest BCUT2D eigenvalue weighted by Crippen LogP contribution is -2.35. The van der Waals surface area contributed by atoms with Gasteiger partial charge in [0.15, 0.2) is 11.6 Å². The molecule has 0 aromatic carbocycles. The van der Waals surface area contributed by atoms with E-state index in [0.29, 0.717) is 18.2 Å². The molecule has 118 valence electrons. The van der Waals surface area contributed by atoms with Gasteiger partial charge in [-0.05, 0) is 18.6 Å². The minimum atomic E-state index is 0.0112. The number of anilines is 1. The van der Waals surface area contributed by atoms with Gasteiger partial charge in [0.25, 0.3) is 0 Å². The Morgan fingerprint density at radius 3 is 2.86 bits per heavy atom. The zero-order chi connectivity index (χ0) is 15.8. The number of likely N-dealkylation sites (N-methyl/N-ethyl adjacent to an activating group) is 1. The van der Waals surface area contributed by atoms with E-state index in [-0.39, 0.29) is 12.6 Å². The van der Waals surface area contributed by atoms with E-state index in [4.69, 9.17) is 4.74 Å². The molecule has 1 atom stereocenters.